The molecule has 0 aliphatic rings. The van der Waals surface area contributed by atoms with E-state index in [1.165, 1.54) is 5.75 Å². The second-order valence-electron chi connectivity index (χ2n) is 1.24. The minimum atomic E-state index is 0.451. The molecule has 0 heterocycles. The van der Waals surface area contributed by atoms with E-state index in [2.05, 4.69) is 47.1 Å². The van der Waals surface area contributed by atoms with Crippen molar-refractivity contribution >= 4 is 51.9 Å². The van der Waals surface area contributed by atoms with Gasteiger partial charge in [-0.2, -0.15) is 11.8 Å². The highest BCUT2D eigenvalue weighted by Crippen LogP contribution is 2.07. The maximum absolute atomic E-state index is 4.62. The summed E-state index contributed by atoms with van der Waals surface area (Å²) in [5, 5.41) is 2.75. The van der Waals surface area contributed by atoms with Crippen LogP contribution in [0, 0.1) is 0 Å². The Hall–Kier alpha value is 1.17. The summed E-state index contributed by atoms with van der Waals surface area (Å²) in [5.41, 5.74) is 0. The molecule has 0 aromatic rings. The molecule has 47 valence electrons. The summed E-state index contributed by atoms with van der Waals surface area (Å²) < 4.78 is 0.451. The third-order valence-electron chi connectivity index (χ3n) is 0.596. The van der Waals surface area contributed by atoms with E-state index in [0.29, 0.717) is 3.92 Å². The Morgan fingerprint density at radius 1 is 1.88 bits per heavy atom. The van der Waals surface area contributed by atoms with Gasteiger partial charge in [-0.15, -0.1) is 0 Å². The van der Waals surface area contributed by atoms with Crippen molar-refractivity contribution in [1.82, 2.24) is 0 Å². The third kappa shape index (κ3) is 5.31. The Labute approximate surface area is 73.9 Å². The number of halogens is 1. The second-order valence-corrected chi connectivity index (χ2v) is 4.30. The fraction of sp³-hybridized carbons (Fsp3) is 0.800. The molecule has 0 spiro atoms. The normalized spacial score (nSPS) is 13.2. The van der Waals surface area contributed by atoms with Gasteiger partial charge in [-0.1, -0.05) is 41.7 Å². The van der Waals surface area contributed by atoms with Crippen LogP contribution in [0.2, 0.25) is 0 Å². The molecule has 0 saturated heterocycles. The van der Waals surface area contributed by atoms with Gasteiger partial charge >= 0.3 is 0 Å². The predicted molar refractivity (Wildman–Crippen MR) is 53.4 cm³/mol. The van der Waals surface area contributed by atoms with Crippen LogP contribution in [0.5, 0.6) is 0 Å². The highest BCUT2D eigenvalue weighted by Gasteiger charge is 1.96. The molecule has 0 N–H and O–H groups in total. The van der Waals surface area contributed by atoms with Crippen molar-refractivity contribution in [1.29, 1.82) is 0 Å². The van der Waals surface area contributed by atoms with Gasteiger partial charge in [0.15, 0.2) is 0 Å². The molecule has 0 aromatic heterocycles. The molecule has 0 amide bonds. The predicted octanol–water partition coefficient (Wildman–Crippen LogP) is 2.42. The number of rotatable bonds is 4. The number of alkyl halides is 1. The van der Waals surface area contributed by atoms with E-state index in [4.69, 9.17) is 0 Å². The van der Waals surface area contributed by atoms with Crippen molar-refractivity contribution in [2.45, 2.75) is 10.8 Å². The molecule has 0 saturated carbocycles. The van der Waals surface area contributed by atoms with E-state index in [0.717, 1.165) is 5.75 Å². The van der Waals surface area contributed by atoms with Crippen LogP contribution in [-0.2, 0) is 0 Å². The van der Waals surface area contributed by atoms with Crippen molar-refractivity contribution in [3.8, 4) is 0 Å². The Kier molecular flexibility index (Phi) is 7.21. The fourth-order valence-electron chi connectivity index (χ4n) is 0.255. The molecule has 1 unspecified atom stereocenters. The summed E-state index contributed by atoms with van der Waals surface area (Å²) >= 11 is 8.81. The van der Waals surface area contributed by atoms with Crippen molar-refractivity contribution in [3.05, 3.63) is 0 Å². The zero-order valence-corrected chi connectivity index (χ0v) is 8.48. The van der Waals surface area contributed by atoms with Gasteiger partial charge in [-0.05, 0) is 5.75 Å². The van der Waals surface area contributed by atoms with Crippen LogP contribution in [0.3, 0.4) is 0 Å². The summed E-state index contributed by atoms with van der Waals surface area (Å²) in [6.07, 6.45) is 0. The first kappa shape index (κ1) is 9.17. The monoisotopic (exact) mass is 259 g/mol. The topological polar surface area (TPSA) is 0 Å². The van der Waals surface area contributed by atoms with Crippen LogP contribution in [0.25, 0.3) is 0 Å². The minimum Gasteiger partial charge on any atom is -0.161 e. The first-order chi connectivity index (χ1) is 3.81. The summed E-state index contributed by atoms with van der Waals surface area (Å²) in [5.74, 6) is 2.29. The first-order valence-corrected chi connectivity index (χ1v) is 5.21. The largest absolute Gasteiger partial charge is 0.161 e. The van der Waals surface area contributed by atoms with Crippen molar-refractivity contribution in [2.75, 3.05) is 11.5 Å². The zero-order valence-electron chi connectivity index (χ0n) is 4.69. The van der Waals surface area contributed by atoms with Crippen molar-refractivity contribution in [2.24, 2.45) is 0 Å². The van der Waals surface area contributed by atoms with E-state index < -0.39 is 0 Å². The summed E-state index contributed by atoms with van der Waals surface area (Å²) in [6, 6.07) is 0. The third-order valence-corrected chi connectivity index (χ3v) is 3.63. The molecule has 0 aromatic carbocycles. The fourth-order valence-corrected chi connectivity index (χ4v) is 1.73. The Bertz CT molecular complexity index is 65.4. The van der Waals surface area contributed by atoms with E-state index in [-0.39, 0.29) is 0 Å². The van der Waals surface area contributed by atoms with Crippen LogP contribution in [0.1, 0.15) is 6.92 Å². The number of hydrogen-bond acceptors (Lipinski definition) is 2. The SMILES string of the molecule is CCSCC(I)[C]=S. The van der Waals surface area contributed by atoms with E-state index in [1.54, 1.807) is 0 Å². The van der Waals surface area contributed by atoms with Gasteiger partial charge < -0.3 is 0 Å². The molecule has 0 rings (SSSR count). The van der Waals surface area contributed by atoms with Crippen molar-refractivity contribution in [3.63, 3.8) is 0 Å². The van der Waals surface area contributed by atoms with Gasteiger partial charge in [0.05, 0.1) is 3.92 Å². The average molecular weight is 259 g/mol. The molecule has 8 heavy (non-hydrogen) atoms. The van der Waals surface area contributed by atoms with Crippen LogP contribution in [0.4, 0.5) is 0 Å². The summed E-state index contributed by atoms with van der Waals surface area (Å²) in [6.45, 7) is 2.15. The van der Waals surface area contributed by atoms with Gasteiger partial charge in [0, 0.05) is 11.1 Å². The maximum atomic E-state index is 4.62. The van der Waals surface area contributed by atoms with E-state index >= 15 is 0 Å². The summed E-state index contributed by atoms with van der Waals surface area (Å²) in [7, 11) is 0. The summed E-state index contributed by atoms with van der Waals surface area (Å²) in [4.78, 5) is 0. The second kappa shape index (κ2) is 6.29. The molecular weight excluding hydrogens is 251 g/mol. The first-order valence-electron chi connectivity index (χ1n) is 2.40. The lowest BCUT2D eigenvalue weighted by molar-refractivity contribution is 1.42. The maximum Gasteiger partial charge on any atom is 0.0563 e. The zero-order chi connectivity index (χ0) is 6.41. The quantitative estimate of drug-likeness (QED) is 0.432. The standard InChI is InChI=1S/C5H8IS2/c1-2-8-4-5(6)3-7/h5H,2,4H2,1H3. The smallest absolute Gasteiger partial charge is 0.0563 e. The number of hydrogen-bond donors (Lipinski definition) is 0. The van der Waals surface area contributed by atoms with Gasteiger partial charge in [-0.25, -0.2) is 0 Å². The molecule has 0 nitrogen and oxygen atoms in total. The van der Waals surface area contributed by atoms with E-state index in [9.17, 15) is 0 Å². The molecule has 0 aliphatic heterocycles. The van der Waals surface area contributed by atoms with Gasteiger partial charge in [0.1, 0.15) is 0 Å². The van der Waals surface area contributed by atoms with Crippen molar-refractivity contribution < 1.29 is 0 Å². The lowest BCUT2D eigenvalue weighted by atomic mass is 10.6. The molecule has 3 heteroatoms. The highest BCUT2D eigenvalue weighted by atomic mass is 127. The highest BCUT2D eigenvalue weighted by molar-refractivity contribution is 14.1. The molecule has 0 aliphatic carbocycles. The molecule has 0 fully saturated rings. The van der Waals surface area contributed by atoms with Crippen LogP contribution in [-0.4, -0.2) is 20.8 Å². The van der Waals surface area contributed by atoms with Gasteiger partial charge in [0.2, 0.25) is 0 Å². The number of thiocarbonyl (C=S) groups is 1. The number of thioether (sulfide) groups is 1. The lowest BCUT2D eigenvalue weighted by Crippen LogP contribution is -2.00. The van der Waals surface area contributed by atoms with Crippen LogP contribution in [0.15, 0.2) is 0 Å². The molecule has 1 radical (unpaired) electrons. The Morgan fingerprint density at radius 3 is 2.88 bits per heavy atom. The van der Waals surface area contributed by atoms with Crippen LogP contribution < -0.4 is 0 Å². The molecule has 0 bridgehead atoms. The van der Waals surface area contributed by atoms with Gasteiger partial charge in [-0.3, -0.25) is 0 Å². The van der Waals surface area contributed by atoms with Gasteiger partial charge in [0.25, 0.3) is 0 Å². The van der Waals surface area contributed by atoms with E-state index in [1.807, 2.05) is 11.8 Å². The Balaban J connectivity index is 2.98. The molecular formula is C5H8IS2. The average Bonchev–Trinajstić information content (AvgIpc) is 1.83. The molecule has 1 atom stereocenters. The minimum absolute atomic E-state index is 0.451. The lowest BCUT2D eigenvalue weighted by Gasteiger charge is -1.97. The Morgan fingerprint density at radius 2 is 2.50 bits per heavy atom. The van der Waals surface area contributed by atoms with Crippen LogP contribution >= 0.6 is 46.6 Å².